The molecule has 0 radical (unpaired) electrons. The van der Waals surface area contributed by atoms with Crippen LogP contribution >= 0.6 is 0 Å². The number of rotatable bonds is 5. The van der Waals surface area contributed by atoms with Gasteiger partial charge in [0.05, 0.1) is 12.4 Å². The Bertz CT molecular complexity index is 649. The summed E-state index contributed by atoms with van der Waals surface area (Å²) < 4.78 is 1.84. The number of imidazole rings is 1. The van der Waals surface area contributed by atoms with E-state index in [1.54, 1.807) is 12.5 Å². The maximum Gasteiger partial charge on any atom is 0.243 e. The van der Waals surface area contributed by atoms with E-state index in [1.165, 1.54) is 17.5 Å². The molecule has 5 heteroatoms. The van der Waals surface area contributed by atoms with Crippen molar-refractivity contribution < 1.29 is 4.79 Å². The van der Waals surface area contributed by atoms with Crippen LogP contribution in [0.25, 0.3) is 0 Å². The number of amides is 1. The Morgan fingerprint density at radius 3 is 2.71 bits per heavy atom. The second-order valence-electron chi connectivity index (χ2n) is 6.81. The van der Waals surface area contributed by atoms with Gasteiger partial charge in [-0.3, -0.25) is 4.79 Å². The zero-order valence-corrected chi connectivity index (χ0v) is 14.6. The van der Waals surface area contributed by atoms with Gasteiger partial charge < -0.3 is 14.4 Å². The lowest BCUT2D eigenvalue weighted by atomic mass is 9.94. The number of carbonyl (C=O) groups is 1. The highest BCUT2D eigenvalue weighted by Gasteiger charge is 2.27. The van der Waals surface area contributed by atoms with Crippen molar-refractivity contribution >= 4 is 5.91 Å². The van der Waals surface area contributed by atoms with Crippen LogP contribution in [0.3, 0.4) is 0 Å². The fourth-order valence-corrected chi connectivity index (χ4v) is 3.41. The Balaban J connectivity index is 1.72. The minimum atomic E-state index is 0.176. The summed E-state index contributed by atoms with van der Waals surface area (Å²) in [6.45, 7) is 2.15. The molecule has 0 bridgehead atoms. The van der Waals surface area contributed by atoms with Gasteiger partial charge in [-0.25, -0.2) is 4.98 Å². The molecule has 0 aliphatic carbocycles. The summed E-state index contributed by atoms with van der Waals surface area (Å²) in [4.78, 5) is 21.0. The summed E-state index contributed by atoms with van der Waals surface area (Å²) in [7, 11) is 4.15. The molecule has 0 spiro atoms. The van der Waals surface area contributed by atoms with Crippen molar-refractivity contribution in [1.29, 1.82) is 0 Å². The first-order chi connectivity index (χ1) is 11.6. The third-order valence-corrected chi connectivity index (χ3v) is 4.56. The highest BCUT2D eigenvalue weighted by atomic mass is 16.2. The molecule has 128 valence electrons. The fraction of sp³-hybridized carbons (Fsp3) is 0.474. The molecule has 2 aromatic rings. The molecule has 5 nitrogen and oxygen atoms in total. The number of piperidine rings is 1. The number of likely N-dealkylation sites (tertiary alicyclic amines) is 1. The normalized spacial score (nSPS) is 18.1. The lowest BCUT2D eigenvalue weighted by Crippen LogP contribution is -2.40. The van der Waals surface area contributed by atoms with Crippen LogP contribution in [0.4, 0.5) is 0 Å². The molecule has 1 saturated heterocycles. The number of nitrogens with zero attached hydrogens (tertiary/aromatic N) is 4. The van der Waals surface area contributed by atoms with Crippen molar-refractivity contribution in [3.05, 3.63) is 54.1 Å². The zero-order valence-electron chi connectivity index (χ0n) is 14.6. The molecule has 1 amide bonds. The van der Waals surface area contributed by atoms with Crippen LogP contribution in [0.2, 0.25) is 0 Å². The van der Waals surface area contributed by atoms with Crippen LogP contribution in [0.1, 0.15) is 36.4 Å². The second-order valence-corrected chi connectivity index (χ2v) is 6.81. The molecular weight excluding hydrogens is 300 g/mol. The molecule has 0 N–H and O–H groups in total. The molecule has 1 aliphatic rings. The quantitative estimate of drug-likeness (QED) is 0.848. The first kappa shape index (κ1) is 16.7. The van der Waals surface area contributed by atoms with E-state index >= 15 is 0 Å². The van der Waals surface area contributed by atoms with Crippen molar-refractivity contribution in [3.8, 4) is 0 Å². The summed E-state index contributed by atoms with van der Waals surface area (Å²) in [6.07, 6.45) is 8.57. The summed E-state index contributed by atoms with van der Waals surface area (Å²) >= 11 is 0. The number of hydrogen-bond donors (Lipinski definition) is 0. The van der Waals surface area contributed by atoms with Crippen LogP contribution < -0.4 is 0 Å². The smallest absolute Gasteiger partial charge is 0.243 e. The summed E-state index contributed by atoms with van der Waals surface area (Å²) in [5.41, 5.74) is 2.55. The van der Waals surface area contributed by atoms with Crippen molar-refractivity contribution in [2.75, 3.05) is 20.6 Å². The van der Waals surface area contributed by atoms with E-state index in [0.29, 0.717) is 6.54 Å². The first-order valence-electron chi connectivity index (χ1n) is 8.62. The monoisotopic (exact) mass is 326 g/mol. The zero-order chi connectivity index (χ0) is 16.9. The van der Waals surface area contributed by atoms with Crippen molar-refractivity contribution in [3.63, 3.8) is 0 Å². The SMILES string of the molecule is CN(C)Cc1ccc(C2CCCCN2C(=O)Cn2ccnc2)cc1. The molecule has 1 aromatic heterocycles. The molecule has 1 fully saturated rings. The maximum absolute atomic E-state index is 12.7. The molecule has 24 heavy (non-hydrogen) atoms. The highest BCUT2D eigenvalue weighted by molar-refractivity contribution is 5.76. The van der Waals surface area contributed by atoms with Gasteiger partial charge in [0.25, 0.3) is 0 Å². The Kier molecular flexibility index (Phi) is 5.30. The van der Waals surface area contributed by atoms with Crippen LogP contribution in [-0.2, 0) is 17.9 Å². The minimum Gasteiger partial charge on any atom is -0.334 e. The van der Waals surface area contributed by atoms with Crippen LogP contribution in [0, 0.1) is 0 Å². The number of hydrogen-bond acceptors (Lipinski definition) is 3. The number of benzene rings is 1. The van der Waals surface area contributed by atoms with Gasteiger partial charge >= 0.3 is 0 Å². The number of aromatic nitrogens is 2. The van der Waals surface area contributed by atoms with Crippen molar-refractivity contribution in [2.45, 2.75) is 38.4 Å². The molecular formula is C19H26N4O. The standard InChI is InChI=1S/C19H26N4O/c1-21(2)13-16-6-8-17(9-7-16)18-5-3-4-11-23(18)19(24)14-22-12-10-20-15-22/h6-10,12,15,18H,3-5,11,13-14H2,1-2H3. The molecule has 1 unspecified atom stereocenters. The molecule has 1 aliphatic heterocycles. The minimum absolute atomic E-state index is 0.176. The average Bonchev–Trinajstić information content (AvgIpc) is 3.08. The van der Waals surface area contributed by atoms with E-state index in [2.05, 4.69) is 48.2 Å². The van der Waals surface area contributed by atoms with E-state index in [4.69, 9.17) is 0 Å². The van der Waals surface area contributed by atoms with Gasteiger partial charge in [0.15, 0.2) is 0 Å². The van der Waals surface area contributed by atoms with Gasteiger partial charge in [0.1, 0.15) is 6.54 Å². The molecule has 2 heterocycles. The van der Waals surface area contributed by atoms with Gasteiger partial charge in [0.2, 0.25) is 5.91 Å². The predicted octanol–water partition coefficient (Wildman–Crippen LogP) is 2.70. The molecule has 0 saturated carbocycles. The third kappa shape index (κ3) is 4.03. The first-order valence-corrected chi connectivity index (χ1v) is 8.62. The van der Waals surface area contributed by atoms with E-state index in [-0.39, 0.29) is 11.9 Å². The number of carbonyl (C=O) groups excluding carboxylic acids is 1. The van der Waals surface area contributed by atoms with Crippen LogP contribution in [-0.4, -0.2) is 45.9 Å². The van der Waals surface area contributed by atoms with Crippen molar-refractivity contribution in [1.82, 2.24) is 19.4 Å². The Morgan fingerprint density at radius 1 is 1.25 bits per heavy atom. The van der Waals surface area contributed by atoms with E-state index in [0.717, 1.165) is 25.9 Å². The summed E-state index contributed by atoms with van der Waals surface area (Å²) in [5.74, 6) is 0.176. The van der Waals surface area contributed by atoms with Crippen LogP contribution in [0.5, 0.6) is 0 Å². The van der Waals surface area contributed by atoms with Gasteiger partial charge in [0, 0.05) is 25.5 Å². The topological polar surface area (TPSA) is 41.4 Å². The fourth-order valence-electron chi connectivity index (χ4n) is 3.41. The Hall–Kier alpha value is -2.14. The second kappa shape index (κ2) is 7.62. The van der Waals surface area contributed by atoms with E-state index < -0.39 is 0 Å². The van der Waals surface area contributed by atoms with Gasteiger partial charge in [-0.05, 0) is 44.5 Å². The predicted molar refractivity (Wildman–Crippen MR) is 94.4 cm³/mol. The Labute approximate surface area is 143 Å². The van der Waals surface area contributed by atoms with E-state index in [1.807, 2.05) is 15.7 Å². The lowest BCUT2D eigenvalue weighted by Gasteiger charge is -2.36. The Morgan fingerprint density at radius 2 is 2.04 bits per heavy atom. The van der Waals surface area contributed by atoms with Gasteiger partial charge in [-0.2, -0.15) is 0 Å². The summed E-state index contributed by atoms with van der Waals surface area (Å²) in [5, 5.41) is 0. The maximum atomic E-state index is 12.7. The molecule has 1 atom stereocenters. The average molecular weight is 326 g/mol. The molecule has 1 aromatic carbocycles. The van der Waals surface area contributed by atoms with E-state index in [9.17, 15) is 4.79 Å². The largest absolute Gasteiger partial charge is 0.334 e. The third-order valence-electron chi connectivity index (χ3n) is 4.56. The van der Waals surface area contributed by atoms with Gasteiger partial charge in [-0.15, -0.1) is 0 Å². The van der Waals surface area contributed by atoms with Crippen LogP contribution in [0.15, 0.2) is 43.0 Å². The highest BCUT2D eigenvalue weighted by Crippen LogP contribution is 2.31. The van der Waals surface area contributed by atoms with Crippen molar-refractivity contribution in [2.24, 2.45) is 0 Å². The molecule has 3 rings (SSSR count). The summed E-state index contributed by atoms with van der Waals surface area (Å²) in [6, 6.07) is 8.94. The van der Waals surface area contributed by atoms with Gasteiger partial charge in [-0.1, -0.05) is 24.3 Å². The lowest BCUT2D eigenvalue weighted by molar-refractivity contribution is -0.135.